The Morgan fingerprint density at radius 3 is 1.36 bits per heavy atom. The standard InChI is InChI=1S/C28H29Si.3ClH.Ti/c1-21-16-18-27(19-17-21)29(25-12-8-6-9-13-25,26-14-10-7-11-15-26)28(5)20-22(2)23(3)24(28)4;;;;/h6-19H,1-5H3;3*1H;/q-1;;;;+4/p-3. The second-order valence-electron chi connectivity index (χ2n) is 8.47. The van der Waals surface area contributed by atoms with Crippen molar-refractivity contribution in [3.63, 3.8) is 0 Å². The molecule has 0 radical (unpaired) electrons. The fraction of sp³-hybridized carbons (Fsp3) is 0.214. The minimum atomic E-state index is -2.47. The summed E-state index contributed by atoms with van der Waals surface area (Å²) < 4.78 is 0. The molecule has 5 heteroatoms. The van der Waals surface area contributed by atoms with Crippen LogP contribution in [0.4, 0.5) is 0 Å². The first-order chi connectivity index (χ1) is 13.9. The monoisotopic (exact) mass is 546 g/mol. The first-order valence-electron chi connectivity index (χ1n) is 10.4. The molecule has 1 atom stereocenters. The Bertz CT molecular complexity index is 1050. The van der Waals surface area contributed by atoms with E-state index in [1.807, 2.05) is 0 Å². The maximum atomic E-state index is 3.99. The van der Waals surface area contributed by atoms with Gasteiger partial charge in [0.15, 0.2) is 0 Å². The van der Waals surface area contributed by atoms with Gasteiger partial charge < -0.3 is 37.2 Å². The van der Waals surface area contributed by atoms with Crippen molar-refractivity contribution in [1.29, 1.82) is 0 Å². The number of benzene rings is 3. The first-order valence-corrected chi connectivity index (χ1v) is 12.4. The van der Waals surface area contributed by atoms with Crippen LogP contribution in [0.1, 0.15) is 33.3 Å². The molecule has 0 N–H and O–H groups in total. The van der Waals surface area contributed by atoms with Crippen molar-refractivity contribution in [3.8, 4) is 0 Å². The molecule has 0 nitrogen and oxygen atoms in total. The Balaban J connectivity index is 0.00000256. The number of aryl methyl sites for hydroxylation is 1. The van der Waals surface area contributed by atoms with Gasteiger partial charge in [0.25, 0.3) is 0 Å². The van der Waals surface area contributed by atoms with Crippen LogP contribution in [-0.4, -0.2) is 8.07 Å². The second kappa shape index (κ2) is 12.6. The molecule has 33 heavy (non-hydrogen) atoms. The third-order valence-electron chi connectivity index (χ3n) is 6.96. The zero-order valence-corrected chi connectivity index (χ0v) is 24.5. The fourth-order valence-electron chi connectivity index (χ4n) is 5.14. The molecule has 170 valence electrons. The Hall–Kier alpha value is -1.06. The molecular formula is C28H29Cl3SiTi. The van der Waals surface area contributed by atoms with E-state index in [0.717, 1.165) is 0 Å². The summed E-state index contributed by atoms with van der Waals surface area (Å²) in [5.74, 6) is 0. The summed E-state index contributed by atoms with van der Waals surface area (Å²) in [5.41, 5.74) is 5.44. The van der Waals surface area contributed by atoms with Crippen molar-refractivity contribution in [2.75, 3.05) is 0 Å². The van der Waals surface area contributed by atoms with Crippen LogP contribution in [0, 0.1) is 13.0 Å². The SMILES string of the molecule is CC1=[C-]C(C)([Si](c2ccccc2)(c2ccccc2)c2ccc(C)cc2)C(C)=C1C.[Cl-].[Cl-].[Cl-].[Ti+4]. The summed E-state index contributed by atoms with van der Waals surface area (Å²) in [6.45, 7) is 11.4. The summed E-state index contributed by atoms with van der Waals surface area (Å²) >= 11 is 0. The maximum absolute atomic E-state index is 3.99. The average molecular weight is 548 g/mol. The summed E-state index contributed by atoms with van der Waals surface area (Å²) in [6.07, 6.45) is 3.99. The summed E-state index contributed by atoms with van der Waals surface area (Å²) in [4.78, 5) is 0. The van der Waals surface area contributed by atoms with E-state index in [1.165, 1.54) is 37.8 Å². The van der Waals surface area contributed by atoms with E-state index in [1.54, 1.807) is 0 Å². The molecule has 1 aliphatic carbocycles. The summed E-state index contributed by atoms with van der Waals surface area (Å²) in [7, 11) is -2.47. The zero-order chi connectivity index (χ0) is 20.6. The van der Waals surface area contributed by atoms with E-state index in [9.17, 15) is 0 Å². The molecule has 0 heterocycles. The molecular weight excluding hydrogens is 519 g/mol. The van der Waals surface area contributed by atoms with E-state index in [2.05, 4.69) is 126 Å². The van der Waals surface area contributed by atoms with Crippen LogP contribution in [0.2, 0.25) is 5.04 Å². The number of allylic oxidation sites excluding steroid dienone is 4. The number of hydrogen-bond donors (Lipinski definition) is 0. The molecule has 0 saturated heterocycles. The fourth-order valence-corrected chi connectivity index (χ4v) is 11.0. The maximum Gasteiger partial charge on any atom is 4.00 e. The van der Waals surface area contributed by atoms with Gasteiger partial charge in [0.1, 0.15) is 8.07 Å². The van der Waals surface area contributed by atoms with Crippen LogP contribution >= 0.6 is 0 Å². The molecule has 0 amide bonds. The van der Waals surface area contributed by atoms with Crippen molar-refractivity contribution >= 4 is 23.6 Å². The summed E-state index contributed by atoms with van der Waals surface area (Å²) in [6, 6.07) is 31.6. The van der Waals surface area contributed by atoms with Gasteiger partial charge in [-0.2, -0.15) is 11.1 Å². The third-order valence-corrected chi connectivity index (χ3v) is 12.6. The smallest absolute Gasteiger partial charge is 1.00 e. The van der Waals surface area contributed by atoms with Crippen molar-refractivity contribution in [1.82, 2.24) is 0 Å². The topological polar surface area (TPSA) is 0 Å². The molecule has 0 spiro atoms. The average Bonchev–Trinajstić information content (AvgIpc) is 2.95. The van der Waals surface area contributed by atoms with Crippen molar-refractivity contribution in [3.05, 3.63) is 113 Å². The predicted molar refractivity (Wildman–Crippen MR) is 128 cm³/mol. The first kappa shape index (κ1) is 31.9. The van der Waals surface area contributed by atoms with Crippen LogP contribution < -0.4 is 52.8 Å². The molecule has 0 aromatic heterocycles. The van der Waals surface area contributed by atoms with Gasteiger partial charge in [-0.1, -0.05) is 116 Å². The van der Waals surface area contributed by atoms with Gasteiger partial charge in [0.2, 0.25) is 0 Å². The molecule has 0 aliphatic heterocycles. The van der Waals surface area contributed by atoms with Gasteiger partial charge in [0, 0.05) is 0 Å². The quantitative estimate of drug-likeness (QED) is 0.180. The summed E-state index contributed by atoms with van der Waals surface area (Å²) in [5, 5.41) is 4.16. The van der Waals surface area contributed by atoms with E-state index in [4.69, 9.17) is 0 Å². The number of halogens is 3. The Morgan fingerprint density at radius 1 is 0.606 bits per heavy atom. The van der Waals surface area contributed by atoms with Gasteiger partial charge in [-0.15, -0.1) is 6.92 Å². The van der Waals surface area contributed by atoms with Gasteiger partial charge in [-0.3, -0.25) is 6.08 Å². The minimum absolute atomic E-state index is 0. The van der Waals surface area contributed by atoms with Gasteiger partial charge in [0.05, 0.1) is 0 Å². The third kappa shape index (κ3) is 5.15. The van der Waals surface area contributed by atoms with Crippen LogP contribution in [0.15, 0.2) is 102 Å². The number of rotatable bonds is 4. The molecule has 0 saturated carbocycles. The Kier molecular flexibility index (Phi) is 12.2. The van der Waals surface area contributed by atoms with Gasteiger partial charge in [-0.25, -0.2) is 5.57 Å². The largest absolute Gasteiger partial charge is 4.00 e. The van der Waals surface area contributed by atoms with Crippen LogP contribution in [0.25, 0.3) is 0 Å². The van der Waals surface area contributed by atoms with Crippen molar-refractivity contribution in [2.45, 2.75) is 39.7 Å². The zero-order valence-electron chi connectivity index (χ0n) is 19.7. The molecule has 1 unspecified atom stereocenters. The molecule has 1 aliphatic rings. The van der Waals surface area contributed by atoms with E-state index in [0.29, 0.717) is 0 Å². The predicted octanol–water partition coefficient (Wildman–Crippen LogP) is -3.67. The van der Waals surface area contributed by atoms with E-state index < -0.39 is 8.07 Å². The molecule has 0 bridgehead atoms. The molecule has 3 aromatic carbocycles. The van der Waals surface area contributed by atoms with Gasteiger partial charge in [-0.05, 0) is 22.5 Å². The minimum Gasteiger partial charge on any atom is -1.00 e. The van der Waals surface area contributed by atoms with Crippen LogP contribution in [0.3, 0.4) is 0 Å². The molecule has 3 aromatic rings. The second-order valence-corrected chi connectivity index (χ2v) is 12.7. The van der Waals surface area contributed by atoms with Crippen molar-refractivity contribution < 1.29 is 58.9 Å². The van der Waals surface area contributed by atoms with Crippen LogP contribution in [-0.2, 0) is 21.7 Å². The van der Waals surface area contributed by atoms with Crippen LogP contribution in [0.5, 0.6) is 0 Å². The van der Waals surface area contributed by atoms with E-state index >= 15 is 0 Å². The van der Waals surface area contributed by atoms with E-state index in [-0.39, 0.29) is 64.0 Å². The normalized spacial score (nSPS) is 17.1. The number of hydrogen-bond acceptors (Lipinski definition) is 0. The Morgan fingerprint density at radius 2 is 1.00 bits per heavy atom. The molecule has 4 rings (SSSR count). The van der Waals surface area contributed by atoms with Gasteiger partial charge >= 0.3 is 21.7 Å². The van der Waals surface area contributed by atoms with Crippen molar-refractivity contribution in [2.24, 2.45) is 0 Å². The Labute approximate surface area is 234 Å². The molecule has 0 fully saturated rings.